The standard InChI is InChI=1S/C17H27N3O2/c1-14-6-5-10-20(12-14)11-9-18-17(22)19-16(13-21)15-7-3-2-4-8-15/h2-4,7-8,14,16,21H,5-6,9-13H2,1H3,(H2,18,19,22). The zero-order valence-corrected chi connectivity index (χ0v) is 13.3. The fraction of sp³-hybridized carbons (Fsp3) is 0.588. The van der Waals surface area contributed by atoms with Crippen molar-refractivity contribution >= 4 is 6.03 Å². The van der Waals surface area contributed by atoms with Crippen LogP contribution in [0.25, 0.3) is 0 Å². The molecule has 1 aliphatic heterocycles. The van der Waals surface area contributed by atoms with E-state index in [9.17, 15) is 9.90 Å². The zero-order valence-electron chi connectivity index (χ0n) is 13.3. The minimum Gasteiger partial charge on any atom is -0.394 e. The summed E-state index contributed by atoms with van der Waals surface area (Å²) in [6.07, 6.45) is 2.55. The predicted molar refractivity (Wildman–Crippen MR) is 87.6 cm³/mol. The molecule has 0 bridgehead atoms. The Morgan fingerprint density at radius 3 is 2.86 bits per heavy atom. The highest BCUT2D eigenvalue weighted by atomic mass is 16.3. The molecule has 1 aromatic carbocycles. The number of urea groups is 1. The van der Waals surface area contributed by atoms with Crippen molar-refractivity contribution in [2.24, 2.45) is 5.92 Å². The smallest absolute Gasteiger partial charge is 0.315 e. The summed E-state index contributed by atoms with van der Waals surface area (Å²) in [6, 6.07) is 8.91. The summed E-state index contributed by atoms with van der Waals surface area (Å²) in [5, 5.41) is 15.1. The van der Waals surface area contributed by atoms with Gasteiger partial charge in [-0.05, 0) is 30.9 Å². The van der Waals surface area contributed by atoms with E-state index in [0.29, 0.717) is 6.54 Å². The van der Waals surface area contributed by atoms with Crippen LogP contribution in [0.1, 0.15) is 31.4 Å². The first-order valence-electron chi connectivity index (χ1n) is 8.11. The van der Waals surface area contributed by atoms with E-state index in [2.05, 4.69) is 22.5 Å². The summed E-state index contributed by atoms with van der Waals surface area (Å²) >= 11 is 0. The zero-order chi connectivity index (χ0) is 15.8. The average Bonchev–Trinajstić information content (AvgIpc) is 2.53. The van der Waals surface area contributed by atoms with Gasteiger partial charge in [0.15, 0.2) is 0 Å². The molecular weight excluding hydrogens is 278 g/mol. The third-order valence-electron chi connectivity index (χ3n) is 4.14. The minimum absolute atomic E-state index is 0.110. The number of likely N-dealkylation sites (tertiary alicyclic amines) is 1. The highest BCUT2D eigenvalue weighted by Gasteiger charge is 2.16. The number of nitrogens with zero attached hydrogens (tertiary/aromatic N) is 1. The molecule has 2 unspecified atom stereocenters. The van der Waals surface area contributed by atoms with Crippen molar-refractivity contribution in [2.45, 2.75) is 25.8 Å². The van der Waals surface area contributed by atoms with Gasteiger partial charge in [0.2, 0.25) is 0 Å². The Kier molecular flexibility index (Phi) is 6.68. The van der Waals surface area contributed by atoms with E-state index < -0.39 is 0 Å². The van der Waals surface area contributed by atoms with Crippen LogP contribution in [-0.2, 0) is 0 Å². The summed E-state index contributed by atoms with van der Waals surface area (Å²) in [6.45, 7) is 5.92. The van der Waals surface area contributed by atoms with E-state index in [1.54, 1.807) is 0 Å². The number of rotatable bonds is 6. The molecule has 1 fully saturated rings. The van der Waals surface area contributed by atoms with Crippen molar-refractivity contribution in [3.63, 3.8) is 0 Å². The molecule has 0 spiro atoms. The van der Waals surface area contributed by atoms with Crippen molar-refractivity contribution < 1.29 is 9.90 Å². The summed E-state index contributed by atoms with van der Waals surface area (Å²) in [5.74, 6) is 0.749. The van der Waals surface area contributed by atoms with Crippen LogP contribution in [0.4, 0.5) is 4.79 Å². The maximum Gasteiger partial charge on any atom is 0.315 e. The Balaban J connectivity index is 1.70. The van der Waals surface area contributed by atoms with Crippen molar-refractivity contribution in [3.8, 4) is 0 Å². The lowest BCUT2D eigenvalue weighted by Gasteiger charge is -2.30. The fourth-order valence-electron chi connectivity index (χ4n) is 2.95. The van der Waals surface area contributed by atoms with Crippen LogP contribution < -0.4 is 10.6 Å². The van der Waals surface area contributed by atoms with Crippen LogP contribution in [0.2, 0.25) is 0 Å². The number of hydrogen-bond donors (Lipinski definition) is 3. The second-order valence-electron chi connectivity index (χ2n) is 6.09. The Morgan fingerprint density at radius 1 is 1.41 bits per heavy atom. The largest absolute Gasteiger partial charge is 0.394 e. The number of aliphatic hydroxyl groups is 1. The lowest BCUT2D eigenvalue weighted by atomic mass is 10.0. The summed E-state index contributed by atoms with van der Waals surface area (Å²) in [7, 11) is 0. The highest BCUT2D eigenvalue weighted by molar-refractivity contribution is 5.74. The second-order valence-corrected chi connectivity index (χ2v) is 6.09. The average molecular weight is 305 g/mol. The Bertz CT molecular complexity index is 452. The van der Waals surface area contributed by atoms with Crippen LogP contribution >= 0.6 is 0 Å². The van der Waals surface area contributed by atoms with Crippen LogP contribution in [0.5, 0.6) is 0 Å². The third-order valence-corrected chi connectivity index (χ3v) is 4.14. The molecule has 1 aromatic rings. The lowest BCUT2D eigenvalue weighted by Crippen LogP contribution is -2.44. The molecule has 0 aliphatic carbocycles. The minimum atomic E-state index is -0.365. The molecule has 0 aromatic heterocycles. The van der Waals surface area contributed by atoms with Gasteiger partial charge in [-0.3, -0.25) is 0 Å². The number of carbonyl (C=O) groups excluding carboxylic acids is 1. The Labute approximate surface area is 132 Å². The van der Waals surface area contributed by atoms with Crippen molar-refractivity contribution in [2.75, 3.05) is 32.8 Å². The second kappa shape index (κ2) is 8.76. The number of amides is 2. The molecule has 122 valence electrons. The molecule has 22 heavy (non-hydrogen) atoms. The van der Waals surface area contributed by atoms with Crippen LogP contribution in [-0.4, -0.2) is 48.8 Å². The normalized spacial score (nSPS) is 20.4. The van der Waals surface area contributed by atoms with Crippen molar-refractivity contribution in [1.29, 1.82) is 0 Å². The van der Waals surface area contributed by atoms with Crippen molar-refractivity contribution in [1.82, 2.24) is 15.5 Å². The molecule has 0 radical (unpaired) electrons. The highest BCUT2D eigenvalue weighted by Crippen LogP contribution is 2.14. The van der Waals surface area contributed by atoms with E-state index in [1.165, 1.54) is 12.8 Å². The van der Waals surface area contributed by atoms with Crippen molar-refractivity contribution in [3.05, 3.63) is 35.9 Å². The number of carbonyl (C=O) groups is 1. The van der Waals surface area contributed by atoms with Gasteiger partial charge >= 0.3 is 6.03 Å². The van der Waals surface area contributed by atoms with Crippen LogP contribution in [0.15, 0.2) is 30.3 Å². The molecule has 1 aliphatic rings. The number of nitrogens with one attached hydrogen (secondary N) is 2. The van der Waals surface area contributed by atoms with E-state index >= 15 is 0 Å². The van der Waals surface area contributed by atoms with E-state index in [0.717, 1.165) is 31.1 Å². The topological polar surface area (TPSA) is 64.6 Å². The first-order chi connectivity index (χ1) is 10.7. The number of hydrogen-bond acceptors (Lipinski definition) is 3. The molecule has 5 heteroatoms. The number of aliphatic hydroxyl groups excluding tert-OH is 1. The van der Waals surface area contributed by atoms with Gasteiger partial charge in [0, 0.05) is 19.6 Å². The first-order valence-corrected chi connectivity index (χ1v) is 8.11. The van der Waals surface area contributed by atoms with Gasteiger partial charge in [0.05, 0.1) is 12.6 Å². The summed E-state index contributed by atoms with van der Waals surface area (Å²) < 4.78 is 0. The van der Waals surface area contributed by atoms with E-state index in [4.69, 9.17) is 0 Å². The maximum atomic E-state index is 11.9. The summed E-state index contributed by atoms with van der Waals surface area (Å²) in [5.41, 5.74) is 0.907. The number of benzene rings is 1. The van der Waals surface area contributed by atoms with Crippen LogP contribution in [0.3, 0.4) is 0 Å². The fourth-order valence-corrected chi connectivity index (χ4v) is 2.95. The van der Waals surface area contributed by atoms with E-state index in [-0.39, 0.29) is 18.7 Å². The predicted octanol–water partition coefficient (Wildman–Crippen LogP) is 1.75. The first kappa shape index (κ1) is 16.8. The molecule has 1 saturated heterocycles. The molecule has 2 amide bonds. The van der Waals surface area contributed by atoms with Gasteiger partial charge in [-0.2, -0.15) is 0 Å². The molecule has 2 atom stereocenters. The lowest BCUT2D eigenvalue weighted by molar-refractivity contribution is 0.182. The molecule has 3 N–H and O–H groups in total. The Morgan fingerprint density at radius 2 is 2.18 bits per heavy atom. The van der Waals surface area contributed by atoms with Gasteiger partial charge in [0.25, 0.3) is 0 Å². The van der Waals surface area contributed by atoms with Gasteiger partial charge in [-0.25, -0.2) is 4.79 Å². The quantitative estimate of drug-likeness (QED) is 0.750. The molecular formula is C17H27N3O2. The van der Waals surface area contributed by atoms with Gasteiger partial charge in [-0.1, -0.05) is 37.3 Å². The Hall–Kier alpha value is -1.59. The molecule has 2 rings (SSSR count). The number of piperidine rings is 1. The molecule has 0 saturated carbocycles. The SMILES string of the molecule is CC1CCCN(CCNC(=O)NC(CO)c2ccccc2)C1. The van der Waals surface area contributed by atoms with Crippen LogP contribution in [0, 0.1) is 5.92 Å². The summed E-state index contributed by atoms with van der Waals surface area (Å²) in [4.78, 5) is 14.3. The molecule has 1 heterocycles. The molecule has 5 nitrogen and oxygen atoms in total. The third kappa shape index (κ3) is 5.31. The van der Waals surface area contributed by atoms with Gasteiger partial charge in [-0.15, -0.1) is 0 Å². The van der Waals surface area contributed by atoms with Gasteiger partial charge in [0.1, 0.15) is 0 Å². The van der Waals surface area contributed by atoms with E-state index in [1.807, 2.05) is 30.3 Å². The van der Waals surface area contributed by atoms with Gasteiger partial charge < -0.3 is 20.6 Å². The monoisotopic (exact) mass is 305 g/mol. The maximum absolute atomic E-state index is 11.9.